The standard InChI is InChI=1S/C23H28N4O3S/c1-15-11-22(31-14-21(28)26-10-6-5-7-16(26)2)27-23(25-15)18(13-24-27)17-8-9-19(29-3)20(12-17)30-4/h8-9,11-13,16H,5-7,10,14H2,1-4H3/t16-/m1/s1. The third-order valence-corrected chi connectivity index (χ3v) is 6.71. The minimum Gasteiger partial charge on any atom is -0.493 e. The molecule has 164 valence electrons. The monoisotopic (exact) mass is 440 g/mol. The number of carbonyl (C=O) groups is 1. The van der Waals surface area contributed by atoms with Crippen LogP contribution in [0.2, 0.25) is 0 Å². The Morgan fingerprint density at radius 2 is 2.00 bits per heavy atom. The van der Waals surface area contributed by atoms with E-state index in [0.29, 0.717) is 23.3 Å². The number of carbonyl (C=O) groups excluding carboxylic acids is 1. The molecule has 1 aromatic carbocycles. The van der Waals surface area contributed by atoms with Crippen LogP contribution in [-0.4, -0.2) is 58.0 Å². The molecule has 3 aromatic rings. The summed E-state index contributed by atoms with van der Waals surface area (Å²) in [5, 5.41) is 5.49. The predicted molar refractivity (Wildman–Crippen MR) is 122 cm³/mol. The Kier molecular flexibility index (Phi) is 6.36. The number of benzene rings is 1. The van der Waals surface area contributed by atoms with Crippen molar-refractivity contribution in [1.82, 2.24) is 19.5 Å². The zero-order chi connectivity index (χ0) is 22.0. The number of fused-ring (bicyclic) bond motifs is 1. The Labute approximate surface area is 186 Å². The van der Waals surface area contributed by atoms with Crippen LogP contribution in [0.5, 0.6) is 11.5 Å². The molecule has 3 heterocycles. The van der Waals surface area contributed by atoms with E-state index >= 15 is 0 Å². The first-order valence-electron chi connectivity index (χ1n) is 10.5. The molecule has 1 saturated heterocycles. The second kappa shape index (κ2) is 9.18. The molecule has 2 aromatic heterocycles. The van der Waals surface area contributed by atoms with Crippen LogP contribution in [-0.2, 0) is 4.79 Å². The number of piperidine rings is 1. The Hall–Kier alpha value is -2.74. The third-order valence-electron chi connectivity index (χ3n) is 5.73. The van der Waals surface area contributed by atoms with E-state index in [-0.39, 0.29) is 5.91 Å². The van der Waals surface area contributed by atoms with Crippen molar-refractivity contribution in [1.29, 1.82) is 0 Å². The highest BCUT2D eigenvalue weighted by atomic mass is 32.2. The maximum Gasteiger partial charge on any atom is 0.233 e. The zero-order valence-corrected chi connectivity index (χ0v) is 19.2. The molecule has 0 radical (unpaired) electrons. The molecule has 1 amide bonds. The van der Waals surface area contributed by atoms with E-state index in [0.717, 1.165) is 46.9 Å². The van der Waals surface area contributed by atoms with Gasteiger partial charge in [0.2, 0.25) is 5.91 Å². The van der Waals surface area contributed by atoms with Crippen LogP contribution in [0.3, 0.4) is 0 Å². The second-order valence-electron chi connectivity index (χ2n) is 7.82. The minimum atomic E-state index is 0.187. The quantitative estimate of drug-likeness (QED) is 0.422. The summed E-state index contributed by atoms with van der Waals surface area (Å²) in [4.78, 5) is 19.5. The summed E-state index contributed by atoms with van der Waals surface area (Å²) in [5.41, 5.74) is 3.49. The molecular weight excluding hydrogens is 412 g/mol. The maximum absolute atomic E-state index is 12.8. The number of likely N-dealkylation sites (tertiary alicyclic amines) is 1. The lowest BCUT2D eigenvalue weighted by atomic mass is 10.0. The molecule has 0 saturated carbocycles. The molecule has 0 spiro atoms. The first-order chi connectivity index (χ1) is 15.0. The summed E-state index contributed by atoms with van der Waals surface area (Å²) in [6.45, 7) is 4.96. The average Bonchev–Trinajstić information content (AvgIpc) is 3.20. The van der Waals surface area contributed by atoms with Crippen molar-refractivity contribution in [2.45, 2.75) is 44.2 Å². The highest BCUT2D eigenvalue weighted by Gasteiger charge is 2.23. The van der Waals surface area contributed by atoms with Gasteiger partial charge in [0.25, 0.3) is 0 Å². The van der Waals surface area contributed by atoms with Gasteiger partial charge in [0.05, 0.1) is 26.2 Å². The normalized spacial score (nSPS) is 16.5. The molecule has 0 unspecified atom stereocenters. The summed E-state index contributed by atoms with van der Waals surface area (Å²) < 4.78 is 12.6. The van der Waals surface area contributed by atoms with Gasteiger partial charge in [0, 0.05) is 23.8 Å². The number of aryl methyl sites for hydroxylation is 1. The van der Waals surface area contributed by atoms with Crippen LogP contribution in [0.4, 0.5) is 0 Å². The summed E-state index contributed by atoms with van der Waals surface area (Å²) in [5.74, 6) is 1.91. The average molecular weight is 441 g/mol. The number of thioether (sulfide) groups is 1. The van der Waals surface area contributed by atoms with Gasteiger partial charge < -0.3 is 14.4 Å². The molecule has 0 N–H and O–H groups in total. The van der Waals surface area contributed by atoms with Gasteiger partial charge in [-0.3, -0.25) is 4.79 Å². The molecule has 0 bridgehead atoms. The molecule has 7 nitrogen and oxygen atoms in total. The van der Waals surface area contributed by atoms with Crippen LogP contribution < -0.4 is 9.47 Å². The lowest BCUT2D eigenvalue weighted by Crippen LogP contribution is -2.42. The van der Waals surface area contributed by atoms with E-state index in [4.69, 9.17) is 14.5 Å². The summed E-state index contributed by atoms with van der Waals surface area (Å²) in [6, 6.07) is 8.07. The molecule has 1 aliphatic heterocycles. The van der Waals surface area contributed by atoms with Gasteiger partial charge in [-0.2, -0.15) is 5.10 Å². The van der Waals surface area contributed by atoms with Gasteiger partial charge >= 0.3 is 0 Å². The van der Waals surface area contributed by atoms with E-state index in [2.05, 4.69) is 12.0 Å². The molecular formula is C23H28N4O3S. The SMILES string of the molecule is COc1ccc(-c2cnn3c(SCC(=O)N4CCCC[C@H]4C)cc(C)nc23)cc1OC. The largest absolute Gasteiger partial charge is 0.493 e. The fraction of sp³-hybridized carbons (Fsp3) is 0.435. The van der Waals surface area contributed by atoms with Gasteiger partial charge in [-0.25, -0.2) is 9.50 Å². The van der Waals surface area contributed by atoms with Crippen LogP contribution >= 0.6 is 11.8 Å². The summed E-state index contributed by atoms with van der Waals surface area (Å²) in [6.07, 6.45) is 5.19. The number of hydrogen-bond donors (Lipinski definition) is 0. The number of hydrogen-bond acceptors (Lipinski definition) is 6. The van der Waals surface area contributed by atoms with Crippen LogP contribution in [0.25, 0.3) is 16.8 Å². The lowest BCUT2D eigenvalue weighted by molar-refractivity contribution is -0.131. The summed E-state index contributed by atoms with van der Waals surface area (Å²) in [7, 11) is 3.24. The van der Waals surface area contributed by atoms with Crippen molar-refractivity contribution >= 4 is 23.3 Å². The summed E-state index contributed by atoms with van der Waals surface area (Å²) >= 11 is 1.51. The Balaban J connectivity index is 1.62. The molecule has 8 heteroatoms. The fourth-order valence-corrected chi connectivity index (χ4v) is 4.99. The molecule has 1 atom stereocenters. The van der Waals surface area contributed by atoms with Gasteiger partial charge in [0.15, 0.2) is 17.1 Å². The Morgan fingerprint density at radius 3 is 2.74 bits per heavy atom. The van der Waals surface area contributed by atoms with Gasteiger partial charge in [-0.1, -0.05) is 17.8 Å². The Bertz CT molecular complexity index is 1100. The van der Waals surface area contributed by atoms with Crippen molar-refractivity contribution in [2.24, 2.45) is 0 Å². The van der Waals surface area contributed by atoms with E-state index in [9.17, 15) is 4.79 Å². The van der Waals surface area contributed by atoms with E-state index in [1.807, 2.05) is 46.8 Å². The highest BCUT2D eigenvalue weighted by Crippen LogP contribution is 2.34. The first kappa shape index (κ1) is 21.5. The van der Waals surface area contributed by atoms with E-state index < -0.39 is 0 Å². The minimum absolute atomic E-state index is 0.187. The zero-order valence-electron chi connectivity index (χ0n) is 18.4. The number of ether oxygens (including phenoxy) is 2. The topological polar surface area (TPSA) is 69.0 Å². The van der Waals surface area contributed by atoms with Crippen molar-refractivity contribution < 1.29 is 14.3 Å². The number of nitrogens with zero attached hydrogens (tertiary/aromatic N) is 4. The molecule has 1 aliphatic rings. The van der Waals surface area contributed by atoms with Crippen LogP contribution in [0.1, 0.15) is 31.9 Å². The highest BCUT2D eigenvalue weighted by molar-refractivity contribution is 7.99. The molecule has 31 heavy (non-hydrogen) atoms. The third kappa shape index (κ3) is 4.35. The number of rotatable bonds is 6. The van der Waals surface area contributed by atoms with E-state index in [1.54, 1.807) is 14.2 Å². The van der Waals surface area contributed by atoms with Crippen molar-refractivity contribution in [3.63, 3.8) is 0 Å². The fourth-order valence-electron chi connectivity index (χ4n) is 4.05. The van der Waals surface area contributed by atoms with Crippen LogP contribution in [0.15, 0.2) is 35.5 Å². The second-order valence-corrected chi connectivity index (χ2v) is 8.82. The first-order valence-corrected chi connectivity index (χ1v) is 11.5. The smallest absolute Gasteiger partial charge is 0.233 e. The van der Waals surface area contributed by atoms with Crippen molar-refractivity contribution in [2.75, 3.05) is 26.5 Å². The predicted octanol–water partition coefficient (Wildman–Crippen LogP) is 4.22. The lowest BCUT2D eigenvalue weighted by Gasteiger charge is -2.33. The number of methoxy groups -OCH3 is 2. The van der Waals surface area contributed by atoms with Gasteiger partial charge in [-0.05, 0) is 56.9 Å². The Morgan fingerprint density at radius 1 is 1.19 bits per heavy atom. The molecule has 4 rings (SSSR count). The molecule has 1 fully saturated rings. The maximum atomic E-state index is 12.8. The number of amides is 1. The van der Waals surface area contributed by atoms with Gasteiger partial charge in [-0.15, -0.1) is 0 Å². The number of aromatic nitrogens is 3. The van der Waals surface area contributed by atoms with E-state index in [1.165, 1.54) is 18.2 Å². The van der Waals surface area contributed by atoms with Crippen molar-refractivity contribution in [3.8, 4) is 22.6 Å². The molecule has 0 aliphatic carbocycles. The van der Waals surface area contributed by atoms with Crippen molar-refractivity contribution in [3.05, 3.63) is 36.2 Å². The van der Waals surface area contributed by atoms with Crippen LogP contribution in [0, 0.1) is 6.92 Å². The van der Waals surface area contributed by atoms with Gasteiger partial charge in [0.1, 0.15) is 5.03 Å².